The standard InChI is InChI=1S/C12H21F3N2O/c1-2-7-17(9-12(13,14)15)11(18)8-16-10-5-3-4-6-10/h10,16H,2-9H2,1H3. The molecule has 0 aromatic carbocycles. The van der Waals surface area contributed by atoms with E-state index in [0.29, 0.717) is 12.5 Å². The molecule has 1 saturated carbocycles. The Morgan fingerprint density at radius 3 is 2.44 bits per heavy atom. The predicted molar refractivity (Wildman–Crippen MR) is 63.2 cm³/mol. The average molecular weight is 266 g/mol. The Bertz CT molecular complexity index is 263. The zero-order chi connectivity index (χ0) is 13.6. The lowest BCUT2D eigenvalue weighted by atomic mass is 10.2. The molecule has 0 spiro atoms. The van der Waals surface area contributed by atoms with Gasteiger partial charge in [-0.15, -0.1) is 0 Å². The number of rotatable bonds is 6. The second kappa shape index (κ2) is 6.97. The molecule has 0 saturated heterocycles. The van der Waals surface area contributed by atoms with E-state index in [2.05, 4.69) is 5.32 Å². The first kappa shape index (κ1) is 15.3. The van der Waals surface area contributed by atoms with E-state index in [9.17, 15) is 18.0 Å². The Morgan fingerprint density at radius 2 is 1.94 bits per heavy atom. The first-order valence-corrected chi connectivity index (χ1v) is 6.50. The van der Waals surface area contributed by atoms with Gasteiger partial charge in [0.25, 0.3) is 0 Å². The topological polar surface area (TPSA) is 32.3 Å². The van der Waals surface area contributed by atoms with Crippen LogP contribution in [0.4, 0.5) is 13.2 Å². The van der Waals surface area contributed by atoms with Gasteiger partial charge in [0.1, 0.15) is 6.54 Å². The lowest BCUT2D eigenvalue weighted by Crippen LogP contribution is -2.45. The fourth-order valence-electron chi connectivity index (χ4n) is 2.25. The van der Waals surface area contributed by atoms with Crippen LogP contribution in [-0.2, 0) is 4.79 Å². The van der Waals surface area contributed by atoms with E-state index in [1.807, 2.05) is 0 Å². The van der Waals surface area contributed by atoms with Crippen molar-refractivity contribution in [2.75, 3.05) is 19.6 Å². The minimum absolute atomic E-state index is 0.0146. The normalized spacial score (nSPS) is 17.1. The van der Waals surface area contributed by atoms with E-state index in [4.69, 9.17) is 0 Å². The van der Waals surface area contributed by atoms with E-state index < -0.39 is 18.6 Å². The van der Waals surface area contributed by atoms with Crippen molar-refractivity contribution < 1.29 is 18.0 Å². The molecule has 0 unspecified atom stereocenters. The SMILES string of the molecule is CCCN(CC(F)(F)F)C(=O)CNC1CCCC1. The summed E-state index contributed by atoms with van der Waals surface area (Å²) in [4.78, 5) is 12.6. The maximum Gasteiger partial charge on any atom is 0.406 e. The fourth-order valence-corrected chi connectivity index (χ4v) is 2.25. The Hall–Kier alpha value is -0.780. The summed E-state index contributed by atoms with van der Waals surface area (Å²) in [6.45, 7) is 0.790. The van der Waals surface area contributed by atoms with Crippen molar-refractivity contribution in [1.29, 1.82) is 0 Å². The molecule has 1 aliphatic carbocycles. The molecule has 0 bridgehead atoms. The Balaban J connectivity index is 2.38. The Morgan fingerprint density at radius 1 is 1.33 bits per heavy atom. The molecule has 3 nitrogen and oxygen atoms in total. The van der Waals surface area contributed by atoms with Crippen molar-refractivity contribution >= 4 is 5.91 Å². The highest BCUT2D eigenvalue weighted by Gasteiger charge is 2.32. The molecule has 18 heavy (non-hydrogen) atoms. The minimum Gasteiger partial charge on any atom is -0.332 e. The Kier molecular flexibility index (Phi) is 5.91. The van der Waals surface area contributed by atoms with Crippen LogP contribution < -0.4 is 5.32 Å². The lowest BCUT2D eigenvalue weighted by Gasteiger charge is -2.24. The molecule has 0 atom stereocenters. The molecule has 0 radical (unpaired) electrons. The van der Waals surface area contributed by atoms with Gasteiger partial charge in [-0.3, -0.25) is 4.79 Å². The number of hydrogen-bond donors (Lipinski definition) is 1. The van der Waals surface area contributed by atoms with Crippen LogP contribution in [0.15, 0.2) is 0 Å². The van der Waals surface area contributed by atoms with Gasteiger partial charge in [0.05, 0.1) is 6.54 Å². The molecular formula is C12H21F3N2O. The van der Waals surface area contributed by atoms with Gasteiger partial charge in [-0.05, 0) is 19.3 Å². The first-order valence-electron chi connectivity index (χ1n) is 6.50. The molecule has 106 valence electrons. The van der Waals surface area contributed by atoms with Crippen molar-refractivity contribution in [3.63, 3.8) is 0 Å². The molecular weight excluding hydrogens is 245 g/mol. The fraction of sp³-hybridized carbons (Fsp3) is 0.917. The van der Waals surface area contributed by atoms with Crippen molar-refractivity contribution in [3.05, 3.63) is 0 Å². The molecule has 0 aromatic rings. The van der Waals surface area contributed by atoms with Gasteiger partial charge < -0.3 is 10.2 Å². The van der Waals surface area contributed by atoms with Crippen molar-refractivity contribution in [3.8, 4) is 0 Å². The van der Waals surface area contributed by atoms with E-state index in [1.54, 1.807) is 6.92 Å². The van der Waals surface area contributed by atoms with E-state index in [1.165, 1.54) is 0 Å². The number of nitrogens with zero attached hydrogens (tertiary/aromatic N) is 1. The molecule has 0 heterocycles. The Labute approximate surface area is 106 Å². The summed E-state index contributed by atoms with van der Waals surface area (Å²) in [5, 5.41) is 3.05. The number of carbonyl (C=O) groups excluding carboxylic acids is 1. The van der Waals surface area contributed by atoms with Gasteiger partial charge in [0.15, 0.2) is 0 Å². The number of hydrogen-bond acceptors (Lipinski definition) is 2. The van der Waals surface area contributed by atoms with Gasteiger partial charge in [-0.2, -0.15) is 13.2 Å². The molecule has 1 aliphatic rings. The molecule has 1 rings (SSSR count). The van der Waals surface area contributed by atoms with E-state index >= 15 is 0 Å². The lowest BCUT2D eigenvalue weighted by molar-refractivity contribution is -0.160. The third-order valence-corrected chi connectivity index (χ3v) is 3.11. The van der Waals surface area contributed by atoms with Crippen LogP contribution in [0, 0.1) is 0 Å². The van der Waals surface area contributed by atoms with Crippen molar-refractivity contribution in [1.82, 2.24) is 10.2 Å². The number of amides is 1. The van der Waals surface area contributed by atoms with Crippen LogP contribution >= 0.6 is 0 Å². The largest absolute Gasteiger partial charge is 0.406 e. The van der Waals surface area contributed by atoms with Crippen LogP contribution in [0.3, 0.4) is 0 Å². The summed E-state index contributed by atoms with van der Waals surface area (Å²) >= 11 is 0. The third-order valence-electron chi connectivity index (χ3n) is 3.11. The van der Waals surface area contributed by atoms with Gasteiger partial charge in [-0.25, -0.2) is 0 Å². The number of nitrogens with one attached hydrogen (secondary N) is 1. The van der Waals surface area contributed by atoms with Crippen LogP contribution in [0.25, 0.3) is 0 Å². The van der Waals surface area contributed by atoms with Crippen molar-refractivity contribution in [2.45, 2.75) is 51.2 Å². The van der Waals surface area contributed by atoms with Gasteiger partial charge >= 0.3 is 6.18 Å². The van der Waals surface area contributed by atoms with Crippen LogP contribution in [0.1, 0.15) is 39.0 Å². The summed E-state index contributed by atoms with van der Waals surface area (Å²) < 4.78 is 36.9. The van der Waals surface area contributed by atoms with Crippen LogP contribution in [0.2, 0.25) is 0 Å². The molecule has 0 aliphatic heterocycles. The summed E-state index contributed by atoms with van der Waals surface area (Å²) in [7, 11) is 0. The number of carbonyl (C=O) groups is 1. The zero-order valence-corrected chi connectivity index (χ0v) is 10.7. The van der Waals surface area contributed by atoms with Crippen LogP contribution in [-0.4, -0.2) is 42.7 Å². The zero-order valence-electron chi connectivity index (χ0n) is 10.7. The smallest absolute Gasteiger partial charge is 0.332 e. The molecule has 1 amide bonds. The highest BCUT2D eigenvalue weighted by molar-refractivity contribution is 5.78. The second-order valence-electron chi connectivity index (χ2n) is 4.79. The molecule has 1 N–H and O–H groups in total. The maximum atomic E-state index is 12.3. The number of alkyl halides is 3. The molecule has 6 heteroatoms. The third kappa shape index (κ3) is 5.71. The highest BCUT2D eigenvalue weighted by Crippen LogP contribution is 2.18. The summed E-state index contributed by atoms with van der Waals surface area (Å²) in [6, 6.07) is 0.295. The summed E-state index contributed by atoms with van der Waals surface area (Å²) in [6.07, 6.45) is 0.504. The first-order chi connectivity index (χ1) is 8.42. The quantitative estimate of drug-likeness (QED) is 0.800. The summed E-state index contributed by atoms with van der Waals surface area (Å²) in [5.41, 5.74) is 0. The van der Waals surface area contributed by atoms with Crippen molar-refractivity contribution in [2.24, 2.45) is 0 Å². The second-order valence-corrected chi connectivity index (χ2v) is 4.79. The predicted octanol–water partition coefficient (Wildman–Crippen LogP) is 2.32. The van der Waals surface area contributed by atoms with Gasteiger partial charge in [0.2, 0.25) is 5.91 Å². The highest BCUT2D eigenvalue weighted by atomic mass is 19.4. The van der Waals surface area contributed by atoms with E-state index in [0.717, 1.165) is 30.6 Å². The average Bonchev–Trinajstić information content (AvgIpc) is 2.76. The van der Waals surface area contributed by atoms with Gasteiger partial charge in [0, 0.05) is 12.6 Å². The maximum absolute atomic E-state index is 12.3. The molecule has 0 aromatic heterocycles. The monoisotopic (exact) mass is 266 g/mol. The summed E-state index contributed by atoms with van der Waals surface area (Å²) in [5.74, 6) is -0.457. The number of halogens is 3. The van der Waals surface area contributed by atoms with Crippen LogP contribution in [0.5, 0.6) is 0 Å². The van der Waals surface area contributed by atoms with Gasteiger partial charge in [-0.1, -0.05) is 19.8 Å². The minimum atomic E-state index is -4.32. The van der Waals surface area contributed by atoms with E-state index in [-0.39, 0.29) is 13.1 Å². The molecule has 1 fully saturated rings.